The van der Waals surface area contributed by atoms with Gasteiger partial charge in [-0.05, 0) is 18.2 Å². The lowest BCUT2D eigenvalue weighted by atomic mass is 10.2. The van der Waals surface area contributed by atoms with Gasteiger partial charge >= 0.3 is 6.36 Å². The van der Waals surface area contributed by atoms with Crippen molar-refractivity contribution >= 4 is 27.3 Å². The summed E-state index contributed by atoms with van der Waals surface area (Å²) in [6, 6.07) is 8.77. The average Bonchev–Trinajstić information content (AvgIpc) is 3.04. The van der Waals surface area contributed by atoms with Gasteiger partial charge in [0.15, 0.2) is 5.96 Å². The van der Waals surface area contributed by atoms with E-state index in [2.05, 4.69) is 20.4 Å². The van der Waals surface area contributed by atoms with Crippen molar-refractivity contribution < 1.29 is 26.3 Å². The number of nitrogens with one attached hydrogen (secondary N) is 2. The lowest BCUT2D eigenvalue weighted by Gasteiger charge is -2.15. The molecule has 0 radical (unpaired) electrons. The molecular formula is C15H17F3N4O3S2. The number of sulfonamides is 1. The topological polar surface area (TPSA) is 106 Å². The maximum Gasteiger partial charge on any atom is 0.573 e. The van der Waals surface area contributed by atoms with Crippen molar-refractivity contribution in [1.29, 1.82) is 0 Å². The van der Waals surface area contributed by atoms with Crippen molar-refractivity contribution in [3.8, 4) is 5.75 Å². The van der Waals surface area contributed by atoms with Gasteiger partial charge in [-0.3, -0.25) is 4.99 Å². The van der Waals surface area contributed by atoms with Crippen molar-refractivity contribution in [3.05, 3.63) is 46.8 Å². The van der Waals surface area contributed by atoms with Gasteiger partial charge in [0, 0.05) is 24.0 Å². The highest BCUT2D eigenvalue weighted by Gasteiger charge is 2.31. The van der Waals surface area contributed by atoms with Crippen LogP contribution >= 0.6 is 11.3 Å². The maximum absolute atomic E-state index is 12.5. The number of hydrogen-bond acceptors (Lipinski definition) is 5. The molecule has 0 unspecified atom stereocenters. The summed E-state index contributed by atoms with van der Waals surface area (Å²) in [4.78, 5) is 4.67. The van der Waals surface area contributed by atoms with E-state index >= 15 is 0 Å². The monoisotopic (exact) mass is 422 g/mol. The number of guanidine groups is 1. The van der Waals surface area contributed by atoms with Gasteiger partial charge < -0.3 is 15.4 Å². The summed E-state index contributed by atoms with van der Waals surface area (Å²) in [6.07, 6.45) is -4.78. The number of primary sulfonamides is 1. The molecule has 4 N–H and O–H groups in total. The van der Waals surface area contributed by atoms with Crippen molar-refractivity contribution in [2.45, 2.75) is 23.7 Å². The Morgan fingerprint density at radius 1 is 1.19 bits per heavy atom. The Morgan fingerprint density at radius 2 is 1.85 bits per heavy atom. The number of nitrogens with two attached hydrogens (primary N) is 1. The number of nitrogens with zero attached hydrogens (tertiary/aromatic N) is 1. The molecule has 0 amide bonds. The fourth-order valence-electron chi connectivity index (χ4n) is 2.05. The Kier molecular flexibility index (Phi) is 6.68. The van der Waals surface area contributed by atoms with Crippen LogP contribution in [0.5, 0.6) is 5.75 Å². The number of benzene rings is 1. The summed E-state index contributed by atoms with van der Waals surface area (Å²) in [5.74, 6) is 0.0198. The fourth-order valence-corrected chi connectivity index (χ4v) is 3.77. The molecule has 0 atom stereocenters. The molecule has 2 rings (SSSR count). The minimum absolute atomic E-state index is 0.0405. The second-order valence-electron chi connectivity index (χ2n) is 5.20. The normalized spacial score (nSPS) is 12.7. The van der Waals surface area contributed by atoms with Crippen LogP contribution in [0, 0.1) is 0 Å². The van der Waals surface area contributed by atoms with E-state index in [4.69, 9.17) is 5.14 Å². The molecule has 1 aromatic heterocycles. The van der Waals surface area contributed by atoms with E-state index in [1.165, 1.54) is 31.3 Å². The number of alkyl halides is 3. The highest BCUT2D eigenvalue weighted by molar-refractivity contribution is 7.91. The number of halogens is 3. The van der Waals surface area contributed by atoms with Crippen LogP contribution in [0.4, 0.5) is 13.2 Å². The largest absolute Gasteiger partial charge is 0.573 e. The van der Waals surface area contributed by atoms with Crippen molar-refractivity contribution in [2.24, 2.45) is 10.1 Å². The summed E-state index contributed by atoms with van der Waals surface area (Å²) in [5, 5.41) is 10.9. The van der Waals surface area contributed by atoms with Gasteiger partial charge in [-0.15, -0.1) is 24.5 Å². The lowest BCUT2D eigenvalue weighted by Crippen LogP contribution is -2.36. The van der Waals surface area contributed by atoms with Crippen LogP contribution in [-0.4, -0.2) is 27.8 Å². The van der Waals surface area contributed by atoms with Crippen LogP contribution in [0.1, 0.15) is 10.4 Å². The summed E-state index contributed by atoms with van der Waals surface area (Å²) in [6.45, 7) is 0.305. The molecular weight excluding hydrogens is 405 g/mol. The average molecular weight is 422 g/mol. The third-order valence-electron chi connectivity index (χ3n) is 3.22. The third-order valence-corrected chi connectivity index (χ3v) is 5.74. The SMILES string of the molecule is CN=C(NCc1ccc(S(N)(=O)=O)s1)NCc1ccccc1OC(F)(F)F. The molecule has 0 spiro atoms. The number of aliphatic imine (C=N–C) groups is 1. The van der Waals surface area contributed by atoms with Gasteiger partial charge in [0.1, 0.15) is 9.96 Å². The summed E-state index contributed by atoms with van der Waals surface area (Å²) < 4.78 is 63.9. The Hall–Kier alpha value is -2.31. The molecule has 1 aromatic carbocycles. The Morgan fingerprint density at radius 3 is 2.44 bits per heavy atom. The van der Waals surface area contributed by atoms with E-state index < -0.39 is 16.4 Å². The van der Waals surface area contributed by atoms with E-state index in [1.54, 1.807) is 12.1 Å². The highest BCUT2D eigenvalue weighted by Crippen LogP contribution is 2.26. The molecule has 0 saturated carbocycles. The second-order valence-corrected chi connectivity index (χ2v) is 8.16. The zero-order valence-electron chi connectivity index (χ0n) is 14.1. The van der Waals surface area contributed by atoms with Crippen LogP contribution in [0.3, 0.4) is 0 Å². The Balaban J connectivity index is 1.96. The smallest absolute Gasteiger partial charge is 0.405 e. The standard InChI is InChI=1S/C15H17F3N4O3S2/c1-20-14(22-9-11-6-7-13(26-11)27(19,23)24)21-8-10-4-2-3-5-12(10)25-15(16,17)18/h2-7H,8-9H2,1H3,(H2,19,23,24)(H2,20,21,22). The van der Waals surface area contributed by atoms with Crippen molar-refractivity contribution in [1.82, 2.24) is 10.6 Å². The van der Waals surface area contributed by atoms with Gasteiger partial charge in [-0.25, -0.2) is 13.6 Å². The highest BCUT2D eigenvalue weighted by atomic mass is 32.2. The molecule has 2 aromatic rings. The van der Waals surface area contributed by atoms with Crippen molar-refractivity contribution in [3.63, 3.8) is 0 Å². The molecule has 1 heterocycles. The molecule has 12 heteroatoms. The van der Waals surface area contributed by atoms with Crippen LogP contribution in [0.25, 0.3) is 0 Å². The molecule has 0 aliphatic carbocycles. The molecule has 148 valence electrons. The van der Waals surface area contributed by atoms with Gasteiger partial charge in [0.25, 0.3) is 0 Å². The number of hydrogen-bond donors (Lipinski definition) is 3. The van der Waals surface area contributed by atoms with Crippen LogP contribution in [0.15, 0.2) is 45.6 Å². The molecule has 0 aliphatic heterocycles. The first-order valence-corrected chi connectivity index (χ1v) is 9.84. The number of ether oxygens (including phenoxy) is 1. The van der Waals surface area contributed by atoms with Crippen LogP contribution in [0.2, 0.25) is 0 Å². The predicted octanol–water partition coefficient (Wildman–Crippen LogP) is 2.16. The minimum Gasteiger partial charge on any atom is -0.405 e. The van der Waals surface area contributed by atoms with Crippen molar-refractivity contribution in [2.75, 3.05) is 7.05 Å². The third kappa shape index (κ3) is 6.73. The molecule has 0 bridgehead atoms. The predicted molar refractivity (Wildman–Crippen MR) is 95.9 cm³/mol. The first-order valence-electron chi connectivity index (χ1n) is 7.48. The minimum atomic E-state index is -4.78. The molecule has 7 nitrogen and oxygen atoms in total. The molecule has 27 heavy (non-hydrogen) atoms. The summed E-state index contributed by atoms with van der Waals surface area (Å²) in [5.41, 5.74) is 0.297. The van der Waals surface area contributed by atoms with E-state index in [9.17, 15) is 21.6 Å². The van der Waals surface area contributed by atoms with E-state index in [0.29, 0.717) is 16.4 Å². The van der Waals surface area contributed by atoms with Crippen LogP contribution in [-0.2, 0) is 23.1 Å². The molecule has 0 aliphatic rings. The summed E-state index contributed by atoms with van der Waals surface area (Å²) in [7, 11) is -2.26. The van der Waals surface area contributed by atoms with Gasteiger partial charge in [-0.2, -0.15) is 0 Å². The number of para-hydroxylation sites is 1. The zero-order valence-corrected chi connectivity index (χ0v) is 15.7. The Labute approximate surface area is 158 Å². The van der Waals surface area contributed by atoms with E-state index in [0.717, 1.165) is 11.3 Å². The fraction of sp³-hybridized carbons (Fsp3) is 0.267. The molecule has 0 saturated heterocycles. The Bertz CT molecular complexity index is 911. The van der Waals surface area contributed by atoms with Gasteiger partial charge in [-0.1, -0.05) is 18.2 Å². The van der Waals surface area contributed by atoms with Gasteiger partial charge in [0.05, 0.1) is 6.54 Å². The first-order chi connectivity index (χ1) is 12.6. The van der Waals surface area contributed by atoms with E-state index in [1.807, 2.05) is 0 Å². The maximum atomic E-state index is 12.5. The molecule has 0 fully saturated rings. The second kappa shape index (κ2) is 8.59. The first kappa shape index (κ1) is 21.0. The van der Waals surface area contributed by atoms with Crippen LogP contribution < -0.4 is 20.5 Å². The zero-order chi connectivity index (χ0) is 20.1. The lowest BCUT2D eigenvalue weighted by molar-refractivity contribution is -0.274. The van der Waals surface area contributed by atoms with E-state index in [-0.39, 0.29) is 23.0 Å². The number of thiophene rings is 1. The summed E-state index contributed by atoms with van der Waals surface area (Å²) >= 11 is 1.01. The number of rotatable bonds is 6. The van der Waals surface area contributed by atoms with Gasteiger partial charge in [0.2, 0.25) is 10.0 Å². The quantitative estimate of drug-likeness (QED) is 0.489.